The van der Waals surface area contributed by atoms with Crippen LogP contribution in [0, 0.1) is 25.0 Å². The first-order valence-corrected chi connectivity index (χ1v) is 28.7. The number of fused-ring (bicyclic) bond motifs is 4. The van der Waals surface area contributed by atoms with Crippen molar-refractivity contribution >= 4 is 50.8 Å². The maximum atomic E-state index is 6.29. The van der Waals surface area contributed by atoms with Crippen molar-refractivity contribution in [3.8, 4) is 22.6 Å². The first kappa shape index (κ1) is 43.9. The van der Waals surface area contributed by atoms with Crippen molar-refractivity contribution in [2.24, 2.45) is 5.92 Å². The van der Waals surface area contributed by atoms with E-state index in [9.17, 15) is 0 Å². The summed E-state index contributed by atoms with van der Waals surface area (Å²) >= 11 is -1.92. The summed E-state index contributed by atoms with van der Waals surface area (Å²) in [6.07, 6.45) is 13.8. The molecule has 7 aromatic rings. The molecule has 58 heavy (non-hydrogen) atoms. The van der Waals surface area contributed by atoms with Crippen LogP contribution in [-0.2, 0) is 33.1 Å². The maximum Gasteiger partial charge on any atom is 0 e. The normalized spacial score (nSPS) is 13.8. The topological polar surface area (TPSA) is 69.6 Å². The molecule has 1 saturated carbocycles. The van der Waals surface area contributed by atoms with Gasteiger partial charge < -0.3 is 8.98 Å². The van der Waals surface area contributed by atoms with Crippen molar-refractivity contribution in [3.63, 3.8) is 0 Å². The molecule has 0 amide bonds. The second-order valence-electron chi connectivity index (χ2n) is 18.2. The van der Waals surface area contributed by atoms with E-state index in [0.29, 0.717) is 23.5 Å². The van der Waals surface area contributed by atoms with Crippen LogP contribution in [0.5, 0.6) is 0 Å². The molecule has 1 aliphatic carbocycles. The van der Waals surface area contributed by atoms with Crippen molar-refractivity contribution in [1.29, 1.82) is 0 Å². The zero-order valence-electron chi connectivity index (χ0n) is 36.5. The summed E-state index contributed by atoms with van der Waals surface area (Å²) in [5, 5.41) is 2.15. The molecule has 0 N–H and O–H groups in total. The van der Waals surface area contributed by atoms with E-state index < -0.39 is 13.3 Å². The molecule has 6 nitrogen and oxygen atoms in total. The van der Waals surface area contributed by atoms with Gasteiger partial charge in [0.05, 0.1) is 28.1 Å². The Morgan fingerprint density at radius 2 is 1.62 bits per heavy atom. The zero-order chi connectivity index (χ0) is 40.6. The first-order valence-electron chi connectivity index (χ1n) is 21.4. The summed E-state index contributed by atoms with van der Waals surface area (Å²) in [6, 6.07) is 22.2. The molecule has 0 spiro atoms. The number of aryl methyl sites for hydroxylation is 2. The van der Waals surface area contributed by atoms with E-state index in [-0.39, 0.29) is 20.1 Å². The Bertz CT molecular complexity index is 2520. The van der Waals surface area contributed by atoms with Crippen molar-refractivity contribution in [3.05, 3.63) is 101 Å². The molecule has 5 aromatic heterocycles. The molecule has 1 fully saturated rings. The summed E-state index contributed by atoms with van der Waals surface area (Å²) in [5.41, 5.74) is 13.3. The van der Waals surface area contributed by atoms with Crippen molar-refractivity contribution in [2.45, 2.75) is 135 Å². The Morgan fingerprint density at radius 1 is 0.879 bits per heavy atom. The maximum absolute atomic E-state index is 6.29. The van der Waals surface area contributed by atoms with Gasteiger partial charge in [-0.05, 0) is 31.0 Å². The van der Waals surface area contributed by atoms with Gasteiger partial charge >= 0.3 is 169 Å². The van der Waals surface area contributed by atoms with Crippen LogP contribution in [0.1, 0.15) is 126 Å². The standard InChI is InChI=1S/C25H36GeN.C25H25N4O.Ir/c1-18(2)14-22-16-25(27-17-24(22)26(4,5)6)23-13-12-21(15-19(23)3)20-10-8-7-9-11-20;1-6-29-22-19(11-13-26-21(22)15(4)5)28-24(29)18-10-9-16(14(2)3)20-17-8-7-12-27-25(17)30-23(18)20;/h12,15-18,20H,7-11,14H2,1-6H3;7-9,11-15H,6H2,1-5H3;/q2*-1;. The van der Waals surface area contributed by atoms with Crippen LogP contribution < -0.4 is 4.40 Å². The summed E-state index contributed by atoms with van der Waals surface area (Å²) < 4.78 is 10.1. The molecule has 2 aromatic carbocycles. The van der Waals surface area contributed by atoms with Crippen LogP contribution in [-0.4, -0.2) is 37.8 Å². The van der Waals surface area contributed by atoms with Crippen LogP contribution in [0.25, 0.3) is 55.7 Å². The summed E-state index contributed by atoms with van der Waals surface area (Å²) in [5.74, 6) is 10.3. The summed E-state index contributed by atoms with van der Waals surface area (Å²) in [6.45, 7) is 18.5. The van der Waals surface area contributed by atoms with Crippen LogP contribution >= 0.6 is 0 Å². The van der Waals surface area contributed by atoms with Gasteiger partial charge in [-0.15, -0.1) is 17.7 Å². The smallest absolute Gasteiger partial charge is 0 e. The van der Waals surface area contributed by atoms with Crippen LogP contribution in [0.3, 0.4) is 0 Å². The number of hydrogen-bond donors (Lipinski definition) is 0. The molecule has 8 heteroatoms. The number of rotatable bonds is 9. The number of pyridine rings is 3. The Labute approximate surface area is 362 Å². The number of benzene rings is 2. The first-order chi connectivity index (χ1) is 27.3. The molecule has 0 bridgehead atoms. The number of nitrogens with zero attached hydrogens (tertiary/aromatic N) is 5. The minimum absolute atomic E-state index is 0. The van der Waals surface area contributed by atoms with E-state index in [1.807, 2.05) is 18.3 Å². The summed E-state index contributed by atoms with van der Waals surface area (Å²) in [4.78, 5) is 19.0. The molecule has 0 atom stereocenters. The second kappa shape index (κ2) is 18.3. The minimum Gasteiger partial charge on any atom is 0 e. The van der Waals surface area contributed by atoms with Crippen LogP contribution in [0.2, 0.25) is 17.3 Å². The van der Waals surface area contributed by atoms with Gasteiger partial charge in [0.25, 0.3) is 0 Å². The number of hydrogen-bond acceptors (Lipinski definition) is 5. The van der Waals surface area contributed by atoms with Gasteiger partial charge in [-0.3, -0.25) is 9.97 Å². The van der Waals surface area contributed by atoms with Gasteiger partial charge in [0.2, 0.25) is 5.71 Å². The minimum atomic E-state index is -1.92. The predicted molar refractivity (Wildman–Crippen MR) is 241 cm³/mol. The average molecular weight is 1010 g/mol. The Morgan fingerprint density at radius 3 is 2.28 bits per heavy atom. The van der Waals surface area contributed by atoms with Crippen LogP contribution in [0.15, 0.2) is 65.5 Å². The molecule has 0 aliphatic heterocycles. The van der Waals surface area contributed by atoms with Gasteiger partial charge in [0.1, 0.15) is 0 Å². The molecule has 8 rings (SSSR count). The van der Waals surface area contributed by atoms with Crippen molar-refractivity contribution in [1.82, 2.24) is 24.5 Å². The molecule has 307 valence electrons. The molecule has 1 radical (unpaired) electrons. The van der Waals surface area contributed by atoms with Crippen LogP contribution in [0.4, 0.5) is 0 Å². The quantitative estimate of drug-likeness (QED) is 0.106. The molecule has 5 heterocycles. The van der Waals surface area contributed by atoms with Crippen molar-refractivity contribution < 1.29 is 24.5 Å². The number of furan rings is 1. The van der Waals surface area contributed by atoms with Gasteiger partial charge in [0, 0.05) is 44.4 Å². The fraction of sp³-hybridized carbons (Fsp3) is 0.440. The largest absolute Gasteiger partial charge is 0 e. The average Bonchev–Trinajstić information content (AvgIpc) is 3.76. The monoisotopic (exact) mass is 1010 g/mol. The molecule has 0 saturated heterocycles. The van der Waals surface area contributed by atoms with E-state index in [1.54, 1.807) is 10.6 Å². The van der Waals surface area contributed by atoms with Gasteiger partial charge in [0.15, 0.2) is 0 Å². The molecular formula is C50H61GeIrN5O-2. The zero-order valence-corrected chi connectivity index (χ0v) is 41.0. The molecule has 0 unspecified atom stereocenters. The van der Waals surface area contributed by atoms with E-state index in [1.165, 1.54) is 59.9 Å². The van der Waals surface area contributed by atoms with E-state index in [4.69, 9.17) is 14.4 Å². The third-order valence-corrected chi connectivity index (χ3v) is 16.0. The second-order valence-corrected chi connectivity index (χ2v) is 28.8. The number of aromatic nitrogens is 5. The molecule has 1 aliphatic rings. The van der Waals surface area contributed by atoms with Crippen molar-refractivity contribution in [2.75, 3.05) is 0 Å². The fourth-order valence-electron chi connectivity index (χ4n) is 8.83. The Balaban J connectivity index is 0.000000193. The Hall–Kier alpha value is -3.65. The van der Waals surface area contributed by atoms with E-state index in [2.05, 4.69) is 136 Å². The van der Waals surface area contributed by atoms with Gasteiger partial charge in [-0.1, -0.05) is 44.6 Å². The SMILES string of the molecule is CCn1c(-c2[c-]cc(C(C)C)c3c2oc2ncccc23)nc2ccnc(C(C)C)c21.Cc1cc(C2CCCCC2)c[c-]c1-c1cc(CC(C)C)[c]([Ge]([CH3])([CH3])[CH3])cn1.[Ir]. The van der Waals surface area contributed by atoms with E-state index in [0.717, 1.165) is 69.0 Å². The summed E-state index contributed by atoms with van der Waals surface area (Å²) in [7, 11) is 0. The fourth-order valence-corrected chi connectivity index (χ4v) is 12.2. The predicted octanol–water partition coefficient (Wildman–Crippen LogP) is 13.1. The number of imidazole rings is 1. The van der Waals surface area contributed by atoms with E-state index >= 15 is 0 Å². The Kier molecular flexibility index (Phi) is 13.9. The van der Waals surface area contributed by atoms with Gasteiger partial charge in [-0.25, -0.2) is 4.98 Å². The molecular weight excluding hydrogens is 951 g/mol. The third-order valence-electron chi connectivity index (χ3n) is 11.7. The van der Waals surface area contributed by atoms with Gasteiger partial charge in [-0.2, -0.15) is 0 Å². The third kappa shape index (κ3) is 8.93.